The third kappa shape index (κ3) is 5.12. The highest BCUT2D eigenvalue weighted by molar-refractivity contribution is 5.82. The molecule has 2 aliphatic rings. The quantitative estimate of drug-likeness (QED) is 0.787. The van der Waals surface area contributed by atoms with Gasteiger partial charge >= 0.3 is 6.18 Å². The predicted octanol–water partition coefficient (Wildman–Crippen LogP) is 0.364. The first kappa shape index (κ1) is 16.5. The molecule has 21 heavy (non-hydrogen) atoms. The standard InChI is InChI=1S/C13H22F3N3O2/c1-9-11(17-3-5-21-9)12(20)18-6-10-2-4-19(7-10)8-13(14,15)16/h9-11,17H,2-8H2,1H3,(H,18,20)/t9-,10?,11+/m1/s1. The maximum Gasteiger partial charge on any atom is 0.401 e. The molecule has 122 valence electrons. The van der Waals surface area contributed by atoms with Crippen molar-refractivity contribution in [1.29, 1.82) is 0 Å². The minimum Gasteiger partial charge on any atom is -0.375 e. The maximum absolute atomic E-state index is 12.3. The predicted molar refractivity (Wildman–Crippen MR) is 70.8 cm³/mol. The monoisotopic (exact) mass is 309 g/mol. The van der Waals surface area contributed by atoms with Crippen molar-refractivity contribution in [3.8, 4) is 0 Å². The van der Waals surface area contributed by atoms with Gasteiger partial charge < -0.3 is 15.4 Å². The molecule has 0 aromatic heterocycles. The second-order valence-corrected chi connectivity index (χ2v) is 5.76. The molecule has 0 aromatic rings. The molecule has 2 N–H and O–H groups in total. The topological polar surface area (TPSA) is 53.6 Å². The Morgan fingerprint density at radius 1 is 1.48 bits per heavy atom. The number of nitrogens with zero attached hydrogens (tertiary/aromatic N) is 1. The first-order valence-corrected chi connectivity index (χ1v) is 7.27. The zero-order valence-electron chi connectivity index (χ0n) is 12.1. The molecule has 2 fully saturated rings. The van der Waals surface area contributed by atoms with Crippen molar-refractivity contribution in [2.24, 2.45) is 5.92 Å². The first-order chi connectivity index (χ1) is 9.85. The number of alkyl halides is 3. The fourth-order valence-corrected chi connectivity index (χ4v) is 2.86. The minimum atomic E-state index is -4.16. The number of nitrogens with one attached hydrogen (secondary N) is 2. The molecule has 8 heteroatoms. The van der Waals surface area contributed by atoms with Gasteiger partial charge in [-0.2, -0.15) is 13.2 Å². The largest absolute Gasteiger partial charge is 0.401 e. The zero-order chi connectivity index (χ0) is 15.5. The van der Waals surface area contributed by atoms with Crippen molar-refractivity contribution >= 4 is 5.91 Å². The molecule has 0 saturated carbocycles. The SMILES string of the molecule is C[C@H]1OCCN[C@@H]1C(=O)NCC1CCN(CC(F)(F)F)C1. The number of carbonyl (C=O) groups excluding carboxylic acids is 1. The maximum atomic E-state index is 12.3. The molecular formula is C13H22F3N3O2. The van der Waals surface area contributed by atoms with Crippen LogP contribution in [0.25, 0.3) is 0 Å². The number of hydrogen-bond acceptors (Lipinski definition) is 4. The van der Waals surface area contributed by atoms with E-state index in [0.29, 0.717) is 39.2 Å². The molecule has 0 aromatic carbocycles. The van der Waals surface area contributed by atoms with E-state index in [0.717, 1.165) is 0 Å². The summed E-state index contributed by atoms with van der Waals surface area (Å²) in [6.07, 6.45) is -3.67. The Morgan fingerprint density at radius 2 is 2.24 bits per heavy atom. The fraction of sp³-hybridized carbons (Fsp3) is 0.923. The summed E-state index contributed by atoms with van der Waals surface area (Å²) in [5, 5.41) is 5.91. The minimum absolute atomic E-state index is 0.0797. The second-order valence-electron chi connectivity index (χ2n) is 5.76. The molecule has 2 rings (SSSR count). The first-order valence-electron chi connectivity index (χ1n) is 7.27. The number of carbonyl (C=O) groups is 1. The Balaban J connectivity index is 1.70. The van der Waals surface area contributed by atoms with E-state index in [2.05, 4.69) is 10.6 Å². The van der Waals surface area contributed by atoms with E-state index in [1.807, 2.05) is 6.92 Å². The van der Waals surface area contributed by atoms with Crippen LogP contribution < -0.4 is 10.6 Å². The van der Waals surface area contributed by atoms with E-state index in [1.54, 1.807) is 0 Å². The number of likely N-dealkylation sites (tertiary alicyclic amines) is 1. The van der Waals surface area contributed by atoms with Gasteiger partial charge in [0.1, 0.15) is 6.04 Å². The van der Waals surface area contributed by atoms with Crippen LogP contribution in [0, 0.1) is 5.92 Å². The van der Waals surface area contributed by atoms with Gasteiger partial charge in [0.25, 0.3) is 0 Å². The Kier molecular flexibility index (Phi) is 5.45. The van der Waals surface area contributed by atoms with Gasteiger partial charge in [0.2, 0.25) is 5.91 Å². The summed E-state index contributed by atoms with van der Waals surface area (Å²) in [6, 6.07) is -0.383. The molecule has 2 aliphatic heterocycles. The van der Waals surface area contributed by atoms with Crippen LogP contribution in [0.15, 0.2) is 0 Å². The smallest absolute Gasteiger partial charge is 0.375 e. The van der Waals surface area contributed by atoms with Crippen molar-refractivity contribution < 1.29 is 22.7 Å². The number of halogens is 3. The molecule has 0 radical (unpaired) electrons. The average Bonchev–Trinajstić information content (AvgIpc) is 2.82. The Bertz CT molecular complexity index is 365. The molecule has 1 unspecified atom stereocenters. The van der Waals surface area contributed by atoms with Crippen molar-refractivity contribution in [3.05, 3.63) is 0 Å². The Labute approximate surface area is 122 Å². The van der Waals surface area contributed by atoms with Crippen LogP contribution in [0.2, 0.25) is 0 Å². The van der Waals surface area contributed by atoms with E-state index in [9.17, 15) is 18.0 Å². The summed E-state index contributed by atoms with van der Waals surface area (Å²) in [6.45, 7) is 3.40. The molecule has 0 bridgehead atoms. The van der Waals surface area contributed by atoms with Crippen molar-refractivity contribution in [2.45, 2.75) is 31.7 Å². The lowest BCUT2D eigenvalue weighted by molar-refractivity contribution is -0.144. The summed E-state index contributed by atoms with van der Waals surface area (Å²) < 4.78 is 42.3. The number of amides is 1. The normalized spacial score (nSPS) is 31.3. The summed E-state index contributed by atoms with van der Waals surface area (Å²) >= 11 is 0. The summed E-state index contributed by atoms with van der Waals surface area (Å²) in [5.74, 6) is -0.0624. The second kappa shape index (κ2) is 6.93. The van der Waals surface area contributed by atoms with Gasteiger partial charge in [-0.1, -0.05) is 0 Å². The highest BCUT2D eigenvalue weighted by atomic mass is 19.4. The lowest BCUT2D eigenvalue weighted by Crippen LogP contribution is -2.56. The lowest BCUT2D eigenvalue weighted by Gasteiger charge is -2.29. The third-order valence-electron chi connectivity index (χ3n) is 3.94. The zero-order valence-corrected chi connectivity index (χ0v) is 12.1. The highest BCUT2D eigenvalue weighted by Gasteiger charge is 2.35. The van der Waals surface area contributed by atoms with E-state index in [1.165, 1.54) is 4.90 Å². The Morgan fingerprint density at radius 3 is 2.90 bits per heavy atom. The van der Waals surface area contributed by atoms with Crippen molar-refractivity contribution in [1.82, 2.24) is 15.5 Å². The third-order valence-corrected chi connectivity index (χ3v) is 3.94. The fourth-order valence-electron chi connectivity index (χ4n) is 2.86. The van der Waals surface area contributed by atoms with Crippen molar-refractivity contribution in [2.75, 3.05) is 39.3 Å². The summed E-state index contributed by atoms with van der Waals surface area (Å²) in [7, 11) is 0. The molecule has 3 atom stereocenters. The van der Waals surface area contributed by atoms with Gasteiger partial charge in [-0.3, -0.25) is 9.69 Å². The van der Waals surface area contributed by atoms with E-state index in [-0.39, 0.29) is 24.0 Å². The summed E-state index contributed by atoms with van der Waals surface area (Å²) in [5.41, 5.74) is 0. The number of rotatable bonds is 4. The van der Waals surface area contributed by atoms with Gasteiger partial charge in [0, 0.05) is 19.6 Å². The van der Waals surface area contributed by atoms with Gasteiger partial charge in [-0.05, 0) is 25.8 Å². The Hall–Kier alpha value is -0.860. The number of morpholine rings is 1. The molecule has 0 aliphatic carbocycles. The van der Waals surface area contributed by atoms with Gasteiger partial charge in [-0.15, -0.1) is 0 Å². The van der Waals surface area contributed by atoms with Gasteiger partial charge in [-0.25, -0.2) is 0 Å². The lowest BCUT2D eigenvalue weighted by atomic mass is 10.1. The molecular weight excluding hydrogens is 287 g/mol. The number of ether oxygens (including phenoxy) is 1. The van der Waals surface area contributed by atoms with E-state index < -0.39 is 12.7 Å². The summed E-state index contributed by atoms with van der Waals surface area (Å²) in [4.78, 5) is 13.4. The van der Waals surface area contributed by atoms with Crippen LogP contribution in [-0.2, 0) is 9.53 Å². The van der Waals surface area contributed by atoms with Crippen LogP contribution >= 0.6 is 0 Å². The van der Waals surface area contributed by atoms with E-state index >= 15 is 0 Å². The van der Waals surface area contributed by atoms with Crippen LogP contribution in [-0.4, -0.2) is 68.5 Å². The molecule has 2 saturated heterocycles. The van der Waals surface area contributed by atoms with Crippen LogP contribution in [0.1, 0.15) is 13.3 Å². The highest BCUT2D eigenvalue weighted by Crippen LogP contribution is 2.22. The molecule has 1 amide bonds. The molecule has 5 nitrogen and oxygen atoms in total. The van der Waals surface area contributed by atoms with Crippen LogP contribution in [0.5, 0.6) is 0 Å². The van der Waals surface area contributed by atoms with Gasteiger partial charge in [0.05, 0.1) is 19.3 Å². The molecule has 2 heterocycles. The average molecular weight is 309 g/mol. The van der Waals surface area contributed by atoms with Gasteiger partial charge in [0.15, 0.2) is 0 Å². The number of hydrogen-bond donors (Lipinski definition) is 2. The molecule has 0 spiro atoms. The van der Waals surface area contributed by atoms with Crippen LogP contribution in [0.3, 0.4) is 0 Å². The van der Waals surface area contributed by atoms with E-state index in [4.69, 9.17) is 4.74 Å². The van der Waals surface area contributed by atoms with Crippen molar-refractivity contribution in [3.63, 3.8) is 0 Å². The van der Waals surface area contributed by atoms with Crippen LogP contribution in [0.4, 0.5) is 13.2 Å².